The normalized spacial score (nSPS) is 27.6. The Labute approximate surface area is 198 Å². The number of unbranched alkanes of at least 4 members (excludes halogenated alkanes) is 1. The number of pyridine rings is 1. The zero-order chi connectivity index (χ0) is 20.6. The number of aromatic nitrogens is 1. The van der Waals surface area contributed by atoms with E-state index < -0.39 is 0 Å². The first kappa shape index (κ1) is 25.9. The molecule has 2 aliphatic heterocycles. The van der Waals surface area contributed by atoms with E-state index in [1.807, 2.05) is 18.3 Å². The first-order valence-electron chi connectivity index (χ1n) is 11.1. The number of amides is 2. The van der Waals surface area contributed by atoms with Crippen molar-refractivity contribution in [2.75, 3.05) is 44.2 Å². The Hall–Kier alpha value is -1.37. The van der Waals surface area contributed by atoms with Crippen molar-refractivity contribution >= 4 is 42.4 Å². The third kappa shape index (κ3) is 4.57. The Morgan fingerprint density at radius 3 is 2.32 bits per heavy atom. The average molecular weight is 471 g/mol. The number of halogens is 2. The van der Waals surface area contributed by atoms with Gasteiger partial charge in [0.05, 0.1) is 5.41 Å². The SMILES string of the molecule is CC1(C)C2CC[C@]1(C)C(=O)N(CCCCN1CCN(c3ccccn3)CC1)C2=O.Cl.Cl. The lowest BCUT2D eigenvalue weighted by Gasteiger charge is -2.47. The van der Waals surface area contributed by atoms with Gasteiger partial charge in [-0.25, -0.2) is 4.98 Å². The summed E-state index contributed by atoms with van der Waals surface area (Å²) < 4.78 is 0. The highest BCUT2D eigenvalue weighted by Crippen LogP contribution is 2.60. The standard InChI is InChI=1S/C23H34N4O2.2ClH/c1-22(2)18-9-10-23(22,3)21(29)27(20(18)28)13-7-6-12-25-14-16-26(17-15-25)19-8-4-5-11-24-19;;/h4-5,8,11,18H,6-7,9-10,12-17H2,1-3H3;2*1H/t18?,23-;;/m1../s1. The van der Waals surface area contributed by atoms with Crippen molar-refractivity contribution in [3.05, 3.63) is 24.4 Å². The van der Waals surface area contributed by atoms with Crippen LogP contribution in [0.4, 0.5) is 5.82 Å². The van der Waals surface area contributed by atoms with E-state index in [0.29, 0.717) is 6.54 Å². The maximum Gasteiger partial charge on any atom is 0.235 e. The summed E-state index contributed by atoms with van der Waals surface area (Å²) >= 11 is 0. The number of rotatable bonds is 6. The second-order valence-corrected chi connectivity index (χ2v) is 9.66. The molecule has 2 bridgehead atoms. The minimum atomic E-state index is -0.382. The molecule has 1 saturated carbocycles. The van der Waals surface area contributed by atoms with Gasteiger partial charge in [0.25, 0.3) is 0 Å². The van der Waals surface area contributed by atoms with Crippen LogP contribution in [0.15, 0.2) is 24.4 Å². The predicted molar refractivity (Wildman–Crippen MR) is 128 cm³/mol. The second-order valence-electron chi connectivity index (χ2n) is 9.66. The molecule has 0 N–H and O–H groups in total. The summed E-state index contributed by atoms with van der Waals surface area (Å²) in [5.74, 6) is 1.19. The van der Waals surface area contributed by atoms with Crippen LogP contribution in [0, 0.1) is 16.7 Å². The van der Waals surface area contributed by atoms with Crippen LogP contribution in [0.3, 0.4) is 0 Å². The van der Waals surface area contributed by atoms with E-state index in [1.165, 1.54) is 0 Å². The van der Waals surface area contributed by atoms with Gasteiger partial charge < -0.3 is 4.90 Å². The molecule has 6 nitrogen and oxygen atoms in total. The van der Waals surface area contributed by atoms with Crippen LogP contribution < -0.4 is 4.90 Å². The first-order valence-corrected chi connectivity index (χ1v) is 11.1. The molecule has 2 atom stereocenters. The summed E-state index contributed by atoms with van der Waals surface area (Å²) in [7, 11) is 0. The van der Waals surface area contributed by atoms with E-state index in [0.717, 1.165) is 64.2 Å². The molecule has 0 aromatic carbocycles. The number of likely N-dealkylation sites (tertiary alicyclic amines) is 1. The van der Waals surface area contributed by atoms with E-state index in [-0.39, 0.29) is 53.4 Å². The lowest BCUT2D eigenvalue weighted by molar-refractivity contribution is -0.167. The van der Waals surface area contributed by atoms with Crippen molar-refractivity contribution in [3.63, 3.8) is 0 Å². The Kier molecular flexibility index (Phi) is 8.39. The fraction of sp³-hybridized carbons (Fsp3) is 0.696. The molecule has 4 rings (SSSR count). The average Bonchev–Trinajstić information content (AvgIpc) is 2.92. The number of carbonyl (C=O) groups excluding carboxylic acids is 2. The number of piperazine rings is 1. The van der Waals surface area contributed by atoms with E-state index in [1.54, 1.807) is 4.90 Å². The zero-order valence-electron chi connectivity index (χ0n) is 18.9. The molecule has 8 heteroatoms. The van der Waals surface area contributed by atoms with E-state index in [9.17, 15) is 9.59 Å². The van der Waals surface area contributed by atoms with Gasteiger partial charge in [-0.05, 0) is 49.8 Å². The maximum absolute atomic E-state index is 13.1. The molecule has 3 heterocycles. The fourth-order valence-electron chi connectivity index (χ4n) is 5.46. The van der Waals surface area contributed by atoms with Gasteiger partial charge in [0, 0.05) is 44.8 Å². The second kappa shape index (κ2) is 10.1. The van der Waals surface area contributed by atoms with E-state index in [2.05, 4.69) is 41.6 Å². The highest BCUT2D eigenvalue weighted by molar-refractivity contribution is 6.03. The number of imide groups is 1. The number of nitrogens with zero attached hydrogens (tertiary/aromatic N) is 4. The topological polar surface area (TPSA) is 56.8 Å². The maximum atomic E-state index is 13.1. The third-order valence-corrected chi connectivity index (χ3v) is 7.96. The molecule has 2 saturated heterocycles. The Morgan fingerprint density at radius 2 is 1.68 bits per heavy atom. The van der Waals surface area contributed by atoms with Crippen molar-refractivity contribution in [2.45, 2.75) is 46.5 Å². The lowest BCUT2D eigenvalue weighted by atomic mass is 9.62. The molecule has 1 aromatic heterocycles. The molecule has 174 valence electrons. The van der Waals surface area contributed by atoms with Crippen LogP contribution in [-0.2, 0) is 9.59 Å². The molecule has 1 aromatic rings. The largest absolute Gasteiger partial charge is 0.354 e. The molecule has 0 spiro atoms. The molecular weight excluding hydrogens is 435 g/mol. The minimum Gasteiger partial charge on any atom is -0.354 e. The van der Waals surface area contributed by atoms with E-state index in [4.69, 9.17) is 0 Å². The molecule has 31 heavy (non-hydrogen) atoms. The van der Waals surface area contributed by atoms with Gasteiger partial charge in [0.15, 0.2) is 0 Å². The summed E-state index contributed by atoms with van der Waals surface area (Å²) in [6, 6.07) is 6.05. The molecule has 3 aliphatic rings. The lowest BCUT2D eigenvalue weighted by Crippen LogP contribution is -2.59. The molecule has 0 radical (unpaired) electrons. The van der Waals surface area contributed by atoms with Gasteiger partial charge in [0.2, 0.25) is 11.8 Å². The molecule has 1 aliphatic carbocycles. The van der Waals surface area contributed by atoms with Crippen molar-refractivity contribution in [1.29, 1.82) is 0 Å². The van der Waals surface area contributed by atoms with Crippen LogP contribution in [-0.4, -0.2) is 65.9 Å². The smallest absolute Gasteiger partial charge is 0.235 e. The number of piperidine rings is 1. The van der Waals surface area contributed by atoms with Crippen LogP contribution in [0.5, 0.6) is 0 Å². The van der Waals surface area contributed by atoms with Gasteiger partial charge in [0.1, 0.15) is 5.82 Å². The highest BCUT2D eigenvalue weighted by Gasteiger charge is 2.64. The van der Waals surface area contributed by atoms with E-state index >= 15 is 0 Å². The highest BCUT2D eigenvalue weighted by atomic mass is 35.5. The summed E-state index contributed by atoms with van der Waals surface area (Å²) in [5, 5.41) is 0. The molecule has 1 unspecified atom stereocenters. The number of hydrogen-bond donors (Lipinski definition) is 0. The zero-order valence-corrected chi connectivity index (χ0v) is 20.5. The van der Waals surface area contributed by atoms with Gasteiger partial charge in [-0.15, -0.1) is 24.8 Å². The fourth-order valence-corrected chi connectivity index (χ4v) is 5.46. The minimum absolute atomic E-state index is 0. The van der Waals surface area contributed by atoms with Crippen LogP contribution in [0.2, 0.25) is 0 Å². The van der Waals surface area contributed by atoms with Crippen LogP contribution in [0.1, 0.15) is 46.5 Å². The number of anilines is 1. The van der Waals surface area contributed by atoms with Crippen molar-refractivity contribution in [1.82, 2.24) is 14.8 Å². The first-order chi connectivity index (χ1) is 13.8. The number of carbonyl (C=O) groups is 2. The van der Waals surface area contributed by atoms with Gasteiger partial charge in [-0.2, -0.15) is 0 Å². The summed E-state index contributed by atoms with van der Waals surface area (Å²) in [4.78, 5) is 36.8. The van der Waals surface area contributed by atoms with Crippen molar-refractivity contribution < 1.29 is 9.59 Å². The monoisotopic (exact) mass is 470 g/mol. The van der Waals surface area contributed by atoms with Gasteiger partial charge >= 0.3 is 0 Å². The van der Waals surface area contributed by atoms with Gasteiger partial charge in [-0.1, -0.05) is 26.8 Å². The van der Waals surface area contributed by atoms with Crippen LogP contribution in [0.25, 0.3) is 0 Å². The van der Waals surface area contributed by atoms with Crippen molar-refractivity contribution in [2.24, 2.45) is 16.7 Å². The molecular formula is C23H36Cl2N4O2. The third-order valence-electron chi connectivity index (χ3n) is 7.96. The quantitative estimate of drug-likeness (QED) is 0.469. The van der Waals surface area contributed by atoms with Gasteiger partial charge in [-0.3, -0.25) is 19.4 Å². The summed E-state index contributed by atoms with van der Waals surface area (Å²) in [6.07, 6.45) is 5.45. The predicted octanol–water partition coefficient (Wildman–Crippen LogP) is 3.64. The Bertz CT molecular complexity index is 768. The number of hydrogen-bond acceptors (Lipinski definition) is 5. The Balaban J connectivity index is 0.00000171. The Morgan fingerprint density at radius 1 is 1.00 bits per heavy atom. The van der Waals surface area contributed by atoms with Crippen LogP contribution >= 0.6 is 24.8 Å². The molecule has 2 amide bonds. The number of fused-ring (bicyclic) bond motifs is 2. The van der Waals surface area contributed by atoms with Crippen molar-refractivity contribution in [3.8, 4) is 0 Å². The summed E-state index contributed by atoms with van der Waals surface area (Å²) in [5.41, 5.74) is -0.599. The molecule has 3 fully saturated rings. The summed E-state index contributed by atoms with van der Waals surface area (Å²) in [6.45, 7) is 11.9.